The fraction of sp³-hybridized carbons (Fsp3) is 0.700. The van der Waals surface area contributed by atoms with Gasteiger partial charge in [0.15, 0.2) is 0 Å². The smallest absolute Gasteiger partial charge is 0.248 e. The molecule has 0 aliphatic carbocycles. The Labute approximate surface area is 81.0 Å². The number of rotatable bonds is 5. The van der Waals surface area contributed by atoms with Gasteiger partial charge in [0, 0.05) is 19.2 Å². The van der Waals surface area contributed by atoms with Gasteiger partial charge in [-0.05, 0) is 34.0 Å². The SMILES string of the molecule is C=C(C)C(=O)N(C)CCCN(C)C. The molecule has 0 bridgehead atoms. The number of amides is 1. The fourth-order valence-electron chi connectivity index (χ4n) is 1.05. The van der Waals surface area contributed by atoms with Crippen LogP contribution >= 0.6 is 0 Å². The summed E-state index contributed by atoms with van der Waals surface area (Å²) in [5, 5.41) is 0. The molecule has 13 heavy (non-hydrogen) atoms. The normalized spacial score (nSPS) is 10.2. The predicted molar refractivity (Wildman–Crippen MR) is 55.6 cm³/mol. The van der Waals surface area contributed by atoms with Crippen molar-refractivity contribution >= 4 is 5.91 Å². The van der Waals surface area contributed by atoms with Crippen LogP contribution in [0.3, 0.4) is 0 Å². The number of carbonyl (C=O) groups excluding carboxylic acids is 1. The summed E-state index contributed by atoms with van der Waals surface area (Å²) in [6.45, 7) is 7.16. The van der Waals surface area contributed by atoms with Crippen molar-refractivity contribution in [3.05, 3.63) is 12.2 Å². The third-order valence-electron chi connectivity index (χ3n) is 1.81. The lowest BCUT2D eigenvalue weighted by atomic mass is 10.3. The zero-order valence-corrected chi connectivity index (χ0v) is 9.13. The molecule has 0 spiro atoms. The summed E-state index contributed by atoms with van der Waals surface area (Å²) in [7, 11) is 5.87. The quantitative estimate of drug-likeness (QED) is 0.594. The predicted octanol–water partition coefficient (Wildman–Crippen LogP) is 0.973. The van der Waals surface area contributed by atoms with Crippen molar-refractivity contribution in [2.24, 2.45) is 0 Å². The van der Waals surface area contributed by atoms with Gasteiger partial charge in [-0.15, -0.1) is 0 Å². The Bertz CT molecular complexity index is 187. The fourth-order valence-corrected chi connectivity index (χ4v) is 1.05. The summed E-state index contributed by atoms with van der Waals surface area (Å²) in [6.07, 6.45) is 1.00. The molecule has 0 aromatic rings. The second-order valence-corrected chi connectivity index (χ2v) is 3.66. The first kappa shape index (κ1) is 12.2. The molecule has 0 N–H and O–H groups in total. The molecule has 0 radical (unpaired) electrons. The molecule has 0 heterocycles. The average molecular weight is 184 g/mol. The van der Waals surface area contributed by atoms with Gasteiger partial charge in [0.25, 0.3) is 0 Å². The van der Waals surface area contributed by atoms with Gasteiger partial charge in [0.1, 0.15) is 0 Å². The first-order chi connectivity index (χ1) is 5.95. The van der Waals surface area contributed by atoms with Gasteiger partial charge in [-0.3, -0.25) is 4.79 Å². The number of hydrogen-bond donors (Lipinski definition) is 0. The maximum Gasteiger partial charge on any atom is 0.248 e. The van der Waals surface area contributed by atoms with Crippen molar-refractivity contribution in [3.63, 3.8) is 0 Å². The summed E-state index contributed by atoms with van der Waals surface area (Å²) >= 11 is 0. The van der Waals surface area contributed by atoms with Gasteiger partial charge in [-0.2, -0.15) is 0 Å². The number of hydrogen-bond acceptors (Lipinski definition) is 2. The van der Waals surface area contributed by atoms with Crippen molar-refractivity contribution in [3.8, 4) is 0 Å². The molecular weight excluding hydrogens is 164 g/mol. The Morgan fingerprint density at radius 1 is 1.23 bits per heavy atom. The van der Waals surface area contributed by atoms with Gasteiger partial charge < -0.3 is 9.80 Å². The molecule has 0 fully saturated rings. The summed E-state index contributed by atoms with van der Waals surface area (Å²) in [4.78, 5) is 15.2. The van der Waals surface area contributed by atoms with Crippen LogP contribution in [0, 0.1) is 0 Å². The Morgan fingerprint density at radius 2 is 1.77 bits per heavy atom. The first-order valence-corrected chi connectivity index (χ1v) is 4.51. The maximum atomic E-state index is 11.3. The van der Waals surface area contributed by atoms with E-state index in [0.29, 0.717) is 5.57 Å². The molecule has 3 nitrogen and oxygen atoms in total. The summed E-state index contributed by atoms with van der Waals surface area (Å²) < 4.78 is 0. The Morgan fingerprint density at radius 3 is 2.15 bits per heavy atom. The highest BCUT2D eigenvalue weighted by molar-refractivity contribution is 5.91. The molecule has 0 saturated heterocycles. The topological polar surface area (TPSA) is 23.6 Å². The van der Waals surface area contributed by atoms with E-state index in [1.807, 2.05) is 21.1 Å². The van der Waals surface area contributed by atoms with Gasteiger partial charge in [-0.25, -0.2) is 0 Å². The molecule has 0 aliphatic heterocycles. The molecule has 76 valence electrons. The Hall–Kier alpha value is -0.830. The lowest BCUT2D eigenvalue weighted by molar-refractivity contribution is -0.125. The van der Waals surface area contributed by atoms with Crippen LogP contribution in [-0.2, 0) is 4.79 Å². The molecule has 3 heteroatoms. The summed E-state index contributed by atoms with van der Waals surface area (Å²) in [6, 6.07) is 0. The van der Waals surface area contributed by atoms with Crippen molar-refractivity contribution in [2.45, 2.75) is 13.3 Å². The number of nitrogens with zero attached hydrogens (tertiary/aromatic N) is 2. The molecule has 0 unspecified atom stereocenters. The molecule has 0 aromatic carbocycles. The van der Waals surface area contributed by atoms with E-state index in [1.54, 1.807) is 11.8 Å². The highest BCUT2D eigenvalue weighted by Crippen LogP contribution is 1.97. The van der Waals surface area contributed by atoms with E-state index < -0.39 is 0 Å². The average Bonchev–Trinajstić information content (AvgIpc) is 2.02. The van der Waals surface area contributed by atoms with Crippen molar-refractivity contribution in [1.82, 2.24) is 9.80 Å². The van der Waals surface area contributed by atoms with E-state index >= 15 is 0 Å². The van der Waals surface area contributed by atoms with E-state index in [4.69, 9.17) is 0 Å². The lowest BCUT2D eigenvalue weighted by Crippen LogP contribution is -2.29. The molecule has 0 aromatic heterocycles. The zero-order valence-electron chi connectivity index (χ0n) is 9.13. The summed E-state index contributed by atoms with van der Waals surface area (Å²) in [5.41, 5.74) is 0.604. The third-order valence-corrected chi connectivity index (χ3v) is 1.81. The van der Waals surface area contributed by atoms with Gasteiger partial charge >= 0.3 is 0 Å². The monoisotopic (exact) mass is 184 g/mol. The maximum absolute atomic E-state index is 11.3. The second kappa shape index (κ2) is 5.75. The molecule has 0 saturated carbocycles. The first-order valence-electron chi connectivity index (χ1n) is 4.51. The van der Waals surface area contributed by atoms with Crippen molar-refractivity contribution < 1.29 is 4.79 Å². The highest BCUT2D eigenvalue weighted by atomic mass is 16.2. The van der Waals surface area contributed by atoms with E-state index in [0.717, 1.165) is 19.5 Å². The van der Waals surface area contributed by atoms with Crippen LogP contribution in [0.25, 0.3) is 0 Å². The zero-order chi connectivity index (χ0) is 10.4. The minimum Gasteiger partial charge on any atom is -0.342 e. The Balaban J connectivity index is 3.68. The number of likely N-dealkylation sites (N-methyl/N-ethyl adjacent to an activating group) is 1. The largest absolute Gasteiger partial charge is 0.342 e. The van der Waals surface area contributed by atoms with Crippen LogP contribution in [-0.4, -0.2) is 49.9 Å². The number of carbonyl (C=O) groups is 1. The van der Waals surface area contributed by atoms with Crippen LogP contribution in [0.5, 0.6) is 0 Å². The van der Waals surface area contributed by atoms with E-state index in [9.17, 15) is 4.79 Å². The molecular formula is C10H20N2O. The molecule has 1 amide bonds. The minimum absolute atomic E-state index is 0.0405. The van der Waals surface area contributed by atoms with E-state index in [2.05, 4.69) is 11.5 Å². The molecule has 0 aliphatic rings. The van der Waals surface area contributed by atoms with E-state index in [-0.39, 0.29) is 5.91 Å². The van der Waals surface area contributed by atoms with Crippen molar-refractivity contribution in [2.75, 3.05) is 34.2 Å². The third kappa shape index (κ3) is 5.42. The van der Waals surface area contributed by atoms with Crippen LogP contribution < -0.4 is 0 Å². The van der Waals surface area contributed by atoms with E-state index in [1.165, 1.54) is 0 Å². The lowest BCUT2D eigenvalue weighted by Gasteiger charge is -2.18. The molecule has 0 rings (SSSR count). The van der Waals surface area contributed by atoms with Gasteiger partial charge in [0.05, 0.1) is 0 Å². The van der Waals surface area contributed by atoms with Crippen LogP contribution in [0.4, 0.5) is 0 Å². The Kier molecular flexibility index (Phi) is 5.39. The standard InChI is InChI=1S/C10H20N2O/c1-9(2)10(13)12(5)8-6-7-11(3)4/h1,6-8H2,2-5H3. The summed E-state index contributed by atoms with van der Waals surface area (Å²) in [5.74, 6) is 0.0405. The van der Waals surface area contributed by atoms with Crippen LogP contribution in [0.15, 0.2) is 12.2 Å². The van der Waals surface area contributed by atoms with Gasteiger partial charge in [-0.1, -0.05) is 6.58 Å². The minimum atomic E-state index is 0.0405. The van der Waals surface area contributed by atoms with Gasteiger partial charge in [0.2, 0.25) is 5.91 Å². The van der Waals surface area contributed by atoms with Crippen LogP contribution in [0.1, 0.15) is 13.3 Å². The second-order valence-electron chi connectivity index (χ2n) is 3.66. The van der Waals surface area contributed by atoms with Crippen molar-refractivity contribution in [1.29, 1.82) is 0 Å². The molecule has 0 atom stereocenters. The van der Waals surface area contributed by atoms with Crippen LogP contribution in [0.2, 0.25) is 0 Å². The highest BCUT2D eigenvalue weighted by Gasteiger charge is 2.07.